The Hall–Kier alpha value is -0.130. The molecule has 1 aliphatic heterocycles. The van der Waals surface area contributed by atoms with Crippen LogP contribution in [0.15, 0.2) is 0 Å². The van der Waals surface area contributed by atoms with E-state index in [9.17, 15) is 13.5 Å². The first-order valence-electron chi connectivity index (χ1n) is 6.46. The minimum atomic E-state index is -3.21. The molecular weight excluding hydrogens is 238 g/mol. The molecule has 0 spiro atoms. The topological polar surface area (TPSA) is 57.6 Å². The lowest BCUT2D eigenvalue weighted by Crippen LogP contribution is -2.56. The van der Waals surface area contributed by atoms with Gasteiger partial charge in [0, 0.05) is 5.54 Å². The fourth-order valence-corrected chi connectivity index (χ4v) is 7.12. The number of hydrogen-bond donors (Lipinski definition) is 1. The van der Waals surface area contributed by atoms with Gasteiger partial charge < -0.3 is 5.11 Å². The second-order valence-electron chi connectivity index (χ2n) is 6.77. The van der Waals surface area contributed by atoms with E-state index in [1.165, 1.54) is 0 Å². The molecule has 0 amide bonds. The number of sulfonamides is 1. The summed E-state index contributed by atoms with van der Waals surface area (Å²) in [6.45, 7) is 5.77. The molecule has 4 aliphatic rings. The van der Waals surface area contributed by atoms with Gasteiger partial charge in [0.05, 0.1) is 17.4 Å². The maximum Gasteiger partial charge on any atom is 0.218 e. The third-order valence-corrected chi connectivity index (χ3v) is 7.39. The Bertz CT molecular complexity index is 439. The van der Waals surface area contributed by atoms with Crippen LogP contribution in [0.5, 0.6) is 0 Å². The van der Waals surface area contributed by atoms with Gasteiger partial charge in [-0.2, -0.15) is 4.31 Å². The van der Waals surface area contributed by atoms with Crippen molar-refractivity contribution >= 4 is 10.0 Å². The van der Waals surface area contributed by atoms with Crippen LogP contribution in [0.25, 0.3) is 0 Å². The fourth-order valence-electron chi connectivity index (χ4n) is 4.22. The van der Waals surface area contributed by atoms with Crippen molar-refractivity contribution in [3.05, 3.63) is 0 Å². The van der Waals surface area contributed by atoms with Crippen LogP contribution in [0.4, 0.5) is 0 Å². The molecule has 17 heavy (non-hydrogen) atoms. The molecule has 4 fully saturated rings. The standard InChI is InChI=1S/C12H21NO3S/c1-12(2,3)13-10-8-5-4-7(11(10)14)6-9(8)17(13,15)16/h7-11,14H,4-6H2,1-3H3. The van der Waals surface area contributed by atoms with Crippen molar-refractivity contribution in [2.75, 3.05) is 0 Å². The summed E-state index contributed by atoms with van der Waals surface area (Å²) >= 11 is 0. The summed E-state index contributed by atoms with van der Waals surface area (Å²) < 4.78 is 26.8. The predicted molar refractivity (Wildman–Crippen MR) is 64.9 cm³/mol. The summed E-state index contributed by atoms with van der Waals surface area (Å²) in [5.41, 5.74) is -0.427. The molecule has 1 N–H and O–H groups in total. The molecule has 4 bridgehead atoms. The van der Waals surface area contributed by atoms with Gasteiger partial charge in [-0.25, -0.2) is 8.42 Å². The highest BCUT2D eigenvalue weighted by Gasteiger charge is 2.64. The largest absolute Gasteiger partial charge is 0.391 e. The Balaban J connectivity index is 2.12. The molecule has 1 heterocycles. The number of aliphatic hydroxyl groups excluding tert-OH is 1. The second kappa shape index (κ2) is 3.25. The van der Waals surface area contributed by atoms with E-state index < -0.39 is 21.7 Å². The number of hydrogen-bond acceptors (Lipinski definition) is 3. The molecule has 1 saturated heterocycles. The van der Waals surface area contributed by atoms with Crippen LogP contribution in [-0.2, 0) is 10.0 Å². The molecule has 98 valence electrons. The molecular formula is C12H21NO3S. The Kier molecular flexibility index (Phi) is 2.28. The highest BCUT2D eigenvalue weighted by Crippen LogP contribution is 2.54. The van der Waals surface area contributed by atoms with Gasteiger partial charge in [-0.05, 0) is 51.9 Å². The van der Waals surface area contributed by atoms with Crippen LogP contribution in [0.1, 0.15) is 40.0 Å². The molecule has 3 saturated carbocycles. The van der Waals surface area contributed by atoms with E-state index in [2.05, 4.69) is 0 Å². The lowest BCUT2D eigenvalue weighted by atomic mass is 9.65. The number of nitrogens with zero attached hydrogens (tertiary/aromatic N) is 1. The highest BCUT2D eigenvalue weighted by molar-refractivity contribution is 7.90. The van der Waals surface area contributed by atoms with Crippen LogP contribution >= 0.6 is 0 Å². The van der Waals surface area contributed by atoms with Gasteiger partial charge >= 0.3 is 0 Å². The molecule has 5 atom stereocenters. The van der Waals surface area contributed by atoms with Crippen molar-refractivity contribution in [2.45, 2.75) is 63.0 Å². The molecule has 5 heteroatoms. The molecule has 3 aliphatic carbocycles. The number of aliphatic hydroxyl groups is 1. The third-order valence-electron chi connectivity index (χ3n) is 4.74. The molecule has 0 radical (unpaired) electrons. The van der Waals surface area contributed by atoms with E-state index in [-0.39, 0.29) is 23.1 Å². The Morgan fingerprint density at radius 3 is 2.47 bits per heavy atom. The van der Waals surface area contributed by atoms with Crippen molar-refractivity contribution in [1.29, 1.82) is 0 Å². The molecule has 0 aromatic heterocycles. The van der Waals surface area contributed by atoms with Crippen molar-refractivity contribution in [1.82, 2.24) is 4.31 Å². The first-order valence-corrected chi connectivity index (χ1v) is 7.96. The average Bonchev–Trinajstić information content (AvgIpc) is 2.40. The van der Waals surface area contributed by atoms with E-state index in [4.69, 9.17) is 0 Å². The maximum absolute atomic E-state index is 12.6. The highest BCUT2D eigenvalue weighted by atomic mass is 32.2. The van der Waals surface area contributed by atoms with Crippen molar-refractivity contribution in [3.63, 3.8) is 0 Å². The van der Waals surface area contributed by atoms with Crippen LogP contribution in [0.2, 0.25) is 0 Å². The Morgan fingerprint density at radius 2 is 1.88 bits per heavy atom. The van der Waals surface area contributed by atoms with E-state index in [1.54, 1.807) is 4.31 Å². The van der Waals surface area contributed by atoms with Crippen molar-refractivity contribution < 1.29 is 13.5 Å². The van der Waals surface area contributed by atoms with Gasteiger partial charge in [0.25, 0.3) is 0 Å². The minimum Gasteiger partial charge on any atom is -0.391 e. The zero-order valence-corrected chi connectivity index (χ0v) is 11.4. The average molecular weight is 259 g/mol. The lowest BCUT2D eigenvalue weighted by molar-refractivity contribution is -0.0537. The zero-order valence-electron chi connectivity index (χ0n) is 10.6. The van der Waals surface area contributed by atoms with Crippen LogP contribution in [0, 0.1) is 11.8 Å². The summed E-state index contributed by atoms with van der Waals surface area (Å²) in [6, 6.07) is -0.169. The number of rotatable bonds is 0. The molecule has 0 aromatic rings. The van der Waals surface area contributed by atoms with Gasteiger partial charge in [0.1, 0.15) is 0 Å². The first-order chi connectivity index (χ1) is 7.74. The fraction of sp³-hybridized carbons (Fsp3) is 1.00. The SMILES string of the molecule is CC(C)(C)N1C2C(O)C3CCC2C(C3)S1(=O)=O. The van der Waals surface area contributed by atoms with Gasteiger partial charge in [-0.1, -0.05) is 0 Å². The van der Waals surface area contributed by atoms with E-state index in [0.29, 0.717) is 6.42 Å². The summed E-state index contributed by atoms with van der Waals surface area (Å²) in [5, 5.41) is 10.1. The van der Waals surface area contributed by atoms with Crippen LogP contribution < -0.4 is 0 Å². The van der Waals surface area contributed by atoms with Gasteiger partial charge in [0.15, 0.2) is 0 Å². The molecule has 4 nitrogen and oxygen atoms in total. The van der Waals surface area contributed by atoms with Crippen LogP contribution in [-0.4, -0.2) is 40.8 Å². The monoisotopic (exact) mass is 259 g/mol. The van der Waals surface area contributed by atoms with Gasteiger partial charge in [-0.3, -0.25) is 0 Å². The summed E-state index contributed by atoms with van der Waals surface area (Å²) in [4.78, 5) is 0. The Morgan fingerprint density at radius 1 is 1.24 bits per heavy atom. The predicted octanol–water partition coefficient (Wildman–Crippen LogP) is 0.958. The minimum absolute atomic E-state index is 0.152. The third kappa shape index (κ3) is 1.39. The van der Waals surface area contributed by atoms with E-state index >= 15 is 0 Å². The molecule has 4 rings (SSSR count). The van der Waals surface area contributed by atoms with Gasteiger partial charge in [0.2, 0.25) is 10.0 Å². The van der Waals surface area contributed by atoms with E-state index in [0.717, 1.165) is 12.8 Å². The van der Waals surface area contributed by atoms with Crippen molar-refractivity contribution in [3.8, 4) is 0 Å². The first kappa shape index (κ1) is 11.9. The molecule has 5 unspecified atom stereocenters. The van der Waals surface area contributed by atoms with Crippen LogP contribution in [0.3, 0.4) is 0 Å². The number of fused-ring (bicyclic) bond motifs is 1. The zero-order chi connectivity index (χ0) is 12.6. The van der Waals surface area contributed by atoms with Gasteiger partial charge in [-0.15, -0.1) is 0 Å². The quantitative estimate of drug-likeness (QED) is 0.705. The maximum atomic E-state index is 12.6. The van der Waals surface area contributed by atoms with Crippen molar-refractivity contribution in [2.24, 2.45) is 11.8 Å². The molecule has 0 aromatic carbocycles. The Labute approximate surface area is 103 Å². The van der Waals surface area contributed by atoms with E-state index in [1.807, 2.05) is 20.8 Å². The second-order valence-corrected chi connectivity index (χ2v) is 8.80. The summed E-state index contributed by atoms with van der Waals surface area (Å²) in [5.74, 6) is 0.344. The lowest BCUT2D eigenvalue weighted by Gasteiger charge is -2.46. The normalized spacial score (nSPS) is 48.6. The summed E-state index contributed by atoms with van der Waals surface area (Å²) in [6.07, 6.45) is 2.16. The summed E-state index contributed by atoms with van der Waals surface area (Å²) in [7, 11) is -3.21. The smallest absolute Gasteiger partial charge is 0.218 e.